The van der Waals surface area contributed by atoms with Gasteiger partial charge in [-0.1, -0.05) is 18.9 Å². The molecule has 1 aromatic heterocycles. The lowest BCUT2D eigenvalue weighted by Crippen LogP contribution is -2.49. The van der Waals surface area contributed by atoms with Crippen LogP contribution in [-0.4, -0.2) is 62.2 Å². The molecule has 168 valence electrons. The molecule has 2 aliphatic heterocycles. The van der Waals surface area contributed by atoms with Gasteiger partial charge < -0.3 is 9.80 Å². The lowest BCUT2D eigenvalue weighted by molar-refractivity contribution is 0.383. The number of rotatable bonds is 4. The molecule has 31 heavy (non-hydrogen) atoms. The fourth-order valence-corrected chi connectivity index (χ4v) is 6.18. The molecule has 0 N–H and O–H groups in total. The molecule has 0 aliphatic carbocycles. The van der Waals surface area contributed by atoms with Gasteiger partial charge in [0.25, 0.3) is 0 Å². The van der Waals surface area contributed by atoms with E-state index >= 15 is 0 Å². The second-order valence-corrected chi connectivity index (χ2v) is 10.7. The Labute approximate surface area is 186 Å². The number of hydrogen-bond acceptors (Lipinski definition) is 6. The number of aryl methyl sites for hydroxylation is 3. The highest BCUT2D eigenvalue weighted by molar-refractivity contribution is 7.89. The molecule has 4 rings (SSSR count). The van der Waals surface area contributed by atoms with Crippen molar-refractivity contribution in [2.45, 2.75) is 51.3 Å². The average molecular weight is 444 g/mol. The number of nitrogens with zero attached hydrogens (tertiary/aromatic N) is 5. The van der Waals surface area contributed by atoms with E-state index in [0.29, 0.717) is 31.1 Å². The maximum absolute atomic E-state index is 13.2. The topological polar surface area (TPSA) is 69.6 Å². The fourth-order valence-electron chi connectivity index (χ4n) is 4.46. The van der Waals surface area contributed by atoms with Gasteiger partial charge in [0, 0.05) is 39.3 Å². The number of benzene rings is 1. The zero-order valence-corrected chi connectivity index (χ0v) is 19.7. The van der Waals surface area contributed by atoms with Crippen molar-refractivity contribution in [2.24, 2.45) is 0 Å². The van der Waals surface area contributed by atoms with Crippen molar-refractivity contribution in [1.82, 2.24) is 14.5 Å². The molecule has 0 bridgehead atoms. The third-order valence-corrected chi connectivity index (χ3v) is 8.58. The molecule has 2 fully saturated rings. The fraction of sp³-hybridized carbons (Fsp3) is 0.565. The summed E-state index contributed by atoms with van der Waals surface area (Å²) in [6.45, 7) is 10.1. The molecule has 0 saturated carbocycles. The minimum Gasteiger partial charge on any atom is -0.355 e. The molecule has 3 heterocycles. The number of sulfonamides is 1. The Bertz CT molecular complexity index is 1010. The van der Waals surface area contributed by atoms with Gasteiger partial charge in [0.1, 0.15) is 0 Å². The first kappa shape index (κ1) is 22.0. The summed E-state index contributed by atoms with van der Waals surface area (Å²) in [6, 6.07) is 7.83. The van der Waals surface area contributed by atoms with Crippen molar-refractivity contribution >= 4 is 21.7 Å². The first-order valence-corrected chi connectivity index (χ1v) is 12.7. The first-order chi connectivity index (χ1) is 14.9. The Kier molecular flexibility index (Phi) is 6.48. The largest absolute Gasteiger partial charge is 0.355 e. The summed E-state index contributed by atoms with van der Waals surface area (Å²) in [4.78, 5) is 4.87. The zero-order valence-electron chi connectivity index (χ0n) is 18.8. The van der Waals surface area contributed by atoms with E-state index < -0.39 is 10.0 Å². The Hall–Kier alpha value is -2.19. The number of hydrogen-bond donors (Lipinski definition) is 0. The van der Waals surface area contributed by atoms with Crippen LogP contribution in [0, 0.1) is 20.8 Å². The van der Waals surface area contributed by atoms with Gasteiger partial charge in [0.05, 0.1) is 4.90 Å². The Morgan fingerprint density at radius 2 is 1.19 bits per heavy atom. The van der Waals surface area contributed by atoms with Crippen LogP contribution in [0.4, 0.5) is 11.6 Å². The van der Waals surface area contributed by atoms with E-state index in [4.69, 9.17) is 0 Å². The molecule has 8 heteroatoms. The van der Waals surface area contributed by atoms with Crippen molar-refractivity contribution < 1.29 is 8.42 Å². The molecule has 2 aromatic rings. The second-order valence-electron chi connectivity index (χ2n) is 8.74. The summed E-state index contributed by atoms with van der Waals surface area (Å²) < 4.78 is 28.1. The van der Waals surface area contributed by atoms with Gasteiger partial charge in [-0.25, -0.2) is 8.42 Å². The van der Waals surface area contributed by atoms with Crippen LogP contribution >= 0.6 is 0 Å². The van der Waals surface area contributed by atoms with Crippen molar-refractivity contribution in [2.75, 3.05) is 49.1 Å². The minimum absolute atomic E-state index is 0.422. The highest BCUT2D eigenvalue weighted by Gasteiger charge is 2.30. The van der Waals surface area contributed by atoms with Gasteiger partial charge in [0.2, 0.25) is 10.0 Å². The van der Waals surface area contributed by atoms with Crippen LogP contribution in [-0.2, 0) is 10.0 Å². The van der Waals surface area contributed by atoms with Gasteiger partial charge in [-0.2, -0.15) is 4.31 Å². The maximum atomic E-state index is 13.2. The van der Waals surface area contributed by atoms with Crippen molar-refractivity contribution in [3.05, 3.63) is 41.0 Å². The Balaban J connectivity index is 1.42. The average Bonchev–Trinajstić information content (AvgIpc) is 3.06. The molecule has 2 aliphatic rings. The van der Waals surface area contributed by atoms with E-state index in [1.54, 1.807) is 10.4 Å². The summed E-state index contributed by atoms with van der Waals surface area (Å²) in [6.07, 6.45) is 4.99. The van der Waals surface area contributed by atoms with E-state index in [1.165, 1.54) is 25.7 Å². The number of aromatic nitrogens is 2. The predicted octanol–water partition coefficient (Wildman–Crippen LogP) is 3.29. The van der Waals surface area contributed by atoms with Crippen molar-refractivity contribution in [1.29, 1.82) is 0 Å². The van der Waals surface area contributed by atoms with Crippen LogP contribution in [0.25, 0.3) is 0 Å². The van der Waals surface area contributed by atoms with E-state index in [9.17, 15) is 8.42 Å². The lowest BCUT2D eigenvalue weighted by Gasteiger charge is -2.35. The SMILES string of the molecule is Cc1cc(C)c(S(=O)(=O)N2CCN(c3ccc(N4CCCCCC4)nn3)CC2)cc1C. The monoisotopic (exact) mass is 443 g/mol. The standard InChI is InChI=1S/C23H33N5O2S/c1-18-16-20(3)21(17-19(18)2)31(29,30)28-14-12-27(13-15-28)23-9-8-22(24-25-23)26-10-6-4-5-7-11-26/h8-9,16-17H,4-7,10-15H2,1-3H3. The summed E-state index contributed by atoms with van der Waals surface area (Å²) in [5.74, 6) is 1.76. The summed E-state index contributed by atoms with van der Waals surface area (Å²) in [7, 11) is -3.50. The quantitative estimate of drug-likeness (QED) is 0.722. The molecule has 0 spiro atoms. The molecule has 2 saturated heterocycles. The molecular formula is C23H33N5O2S. The van der Waals surface area contributed by atoms with E-state index in [-0.39, 0.29) is 0 Å². The van der Waals surface area contributed by atoms with Crippen molar-refractivity contribution in [3.63, 3.8) is 0 Å². The van der Waals surface area contributed by atoms with Gasteiger partial charge in [-0.05, 0) is 68.5 Å². The number of piperazine rings is 1. The molecule has 0 atom stereocenters. The normalized spacial score (nSPS) is 18.8. The molecule has 0 unspecified atom stereocenters. The van der Waals surface area contributed by atoms with Gasteiger partial charge >= 0.3 is 0 Å². The summed E-state index contributed by atoms with van der Waals surface area (Å²) in [5.41, 5.74) is 2.92. The lowest BCUT2D eigenvalue weighted by atomic mass is 10.1. The van der Waals surface area contributed by atoms with E-state index in [0.717, 1.165) is 41.4 Å². The predicted molar refractivity (Wildman–Crippen MR) is 124 cm³/mol. The van der Waals surface area contributed by atoms with Gasteiger partial charge in [-0.15, -0.1) is 10.2 Å². The van der Waals surface area contributed by atoms with Crippen molar-refractivity contribution in [3.8, 4) is 0 Å². The minimum atomic E-state index is -3.50. The molecule has 0 amide bonds. The van der Waals surface area contributed by atoms with Gasteiger partial charge in [0.15, 0.2) is 11.6 Å². The number of anilines is 2. The molecule has 1 aromatic carbocycles. The highest BCUT2D eigenvalue weighted by atomic mass is 32.2. The molecule has 0 radical (unpaired) electrons. The third kappa shape index (κ3) is 4.70. The molecular weight excluding hydrogens is 410 g/mol. The Morgan fingerprint density at radius 3 is 1.74 bits per heavy atom. The first-order valence-electron chi connectivity index (χ1n) is 11.3. The summed E-state index contributed by atoms with van der Waals surface area (Å²) in [5, 5.41) is 8.92. The Morgan fingerprint density at radius 1 is 0.677 bits per heavy atom. The van der Waals surface area contributed by atoms with Crippen LogP contribution in [0.15, 0.2) is 29.2 Å². The third-order valence-electron chi connectivity index (χ3n) is 6.54. The van der Waals surface area contributed by atoms with Crippen LogP contribution in [0.1, 0.15) is 42.4 Å². The summed E-state index contributed by atoms with van der Waals surface area (Å²) >= 11 is 0. The van der Waals surface area contributed by atoms with Crippen LogP contribution in [0.3, 0.4) is 0 Å². The van der Waals surface area contributed by atoms with Crippen LogP contribution in [0.5, 0.6) is 0 Å². The highest BCUT2D eigenvalue weighted by Crippen LogP contribution is 2.25. The van der Waals surface area contributed by atoms with Gasteiger partial charge in [-0.3, -0.25) is 0 Å². The smallest absolute Gasteiger partial charge is 0.243 e. The van der Waals surface area contributed by atoms with E-state index in [2.05, 4.69) is 26.1 Å². The zero-order chi connectivity index (χ0) is 22.0. The van der Waals surface area contributed by atoms with E-state index in [1.807, 2.05) is 32.9 Å². The van der Waals surface area contributed by atoms with Crippen LogP contribution < -0.4 is 9.80 Å². The van der Waals surface area contributed by atoms with Crippen LogP contribution in [0.2, 0.25) is 0 Å². The second kappa shape index (κ2) is 9.12. The molecule has 7 nitrogen and oxygen atoms in total. The maximum Gasteiger partial charge on any atom is 0.243 e.